The minimum absolute atomic E-state index is 0.0473. The second-order valence-electron chi connectivity index (χ2n) is 8.96. The number of hydrogen-bond donors (Lipinski definition) is 3. The van der Waals surface area contributed by atoms with E-state index in [-0.39, 0.29) is 29.2 Å². The van der Waals surface area contributed by atoms with Crippen molar-refractivity contribution in [3.8, 4) is 5.75 Å². The summed E-state index contributed by atoms with van der Waals surface area (Å²) in [5.41, 5.74) is 1.57. The zero-order chi connectivity index (χ0) is 20.9. The van der Waals surface area contributed by atoms with E-state index in [1.54, 1.807) is 13.2 Å². The van der Waals surface area contributed by atoms with Gasteiger partial charge in [-0.25, -0.2) is 4.79 Å². The molecule has 0 radical (unpaired) electrons. The Balaban J connectivity index is 1.18. The number of carbonyl (C=O) groups excluding carboxylic acids is 1. The van der Waals surface area contributed by atoms with Crippen LogP contribution in [0.2, 0.25) is 0 Å². The Morgan fingerprint density at radius 1 is 1.30 bits per heavy atom. The number of aromatic nitrogens is 3. The van der Waals surface area contributed by atoms with Gasteiger partial charge in [-0.15, -0.1) is 0 Å². The number of carbonyl (C=O) groups is 1. The number of ether oxygens (including phenoxy) is 2. The lowest BCUT2D eigenvalue weighted by Crippen LogP contribution is -2.68. The van der Waals surface area contributed by atoms with Gasteiger partial charge in [-0.2, -0.15) is 5.10 Å². The fraction of sp³-hybridized carbons (Fsp3) is 0.571. The molecular formula is C21H27N5O4. The maximum atomic E-state index is 12.2. The maximum Gasteiger partial charge on any atom is 0.407 e. The molecule has 0 saturated heterocycles. The van der Waals surface area contributed by atoms with Crippen LogP contribution in [0.1, 0.15) is 50.1 Å². The lowest BCUT2D eigenvalue weighted by molar-refractivity contribution is -0.0506. The summed E-state index contributed by atoms with van der Waals surface area (Å²) in [6.07, 6.45) is 7.25. The largest absolute Gasteiger partial charge is 0.494 e. The van der Waals surface area contributed by atoms with Crippen molar-refractivity contribution in [2.75, 3.05) is 12.4 Å². The molecule has 0 aromatic carbocycles. The topological polar surface area (TPSA) is 110 Å². The molecule has 2 aromatic rings. The molecule has 0 unspecified atom stereocenters. The molecule has 30 heavy (non-hydrogen) atoms. The van der Waals surface area contributed by atoms with Gasteiger partial charge in [-0.1, -0.05) is 0 Å². The number of amides is 1. The number of aromatic amines is 1. The molecule has 4 aliphatic rings. The number of nitrogens with one attached hydrogen (secondary N) is 3. The molecule has 4 fully saturated rings. The van der Waals surface area contributed by atoms with E-state index in [2.05, 4.69) is 20.8 Å². The first-order valence-corrected chi connectivity index (χ1v) is 10.5. The maximum absolute atomic E-state index is 12.2. The van der Waals surface area contributed by atoms with Crippen molar-refractivity contribution in [3.05, 3.63) is 34.4 Å². The lowest BCUT2D eigenvalue weighted by atomic mass is 9.50. The van der Waals surface area contributed by atoms with Crippen LogP contribution in [-0.4, -0.2) is 39.6 Å². The Morgan fingerprint density at radius 2 is 2.10 bits per heavy atom. The molecule has 4 aliphatic carbocycles. The van der Waals surface area contributed by atoms with E-state index in [1.165, 1.54) is 17.7 Å². The van der Waals surface area contributed by atoms with Gasteiger partial charge >= 0.3 is 6.09 Å². The fourth-order valence-corrected chi connectivity index (χ4v) is 4.98. The predicted molar refractivity (Wildman–Crippen MR) is 110 cm³/mol. The summed E-state index contributed by atoms with van der Waals surface area (Å²) in [6.45, 7) is 0. The lowest BCUT2D eigenvalue weighted by Gasteiger charge is -2.61. The monoisotopic (exact) mass is 413 g/mol. The molecule has 2 bridgehead atoms. The molecule has 160 valence electrons. The highest BCUT2D eigenvalue weighted by Gasteiger charge is 2.57. The highest BCUT2D eigenvalue weighted by molar-refractivity contribution is 5.69. The Bertz CT molecular complexity index is 1010. The van der Waals surface area contributed by atoms with Crippen molar-refractivity contribution in [2.45, 2.75) is 56.1 Å². The van der Waals surface area contributed by atoms with Crippen molar-refractivity contribution in [3.63, 3.8) is 0 Å². The van der Waals surface area contributed by atoms with Crippen LogP contribution in [0.4, 0.5) is 16.3 Å². The van der Waals surface area contributed by atoms with Gasteiger partial charge in [0, 0.05) is 42.5 Å². The molecule has 2 aromatic heterocycles. The van der Waals surface area contributed by atoms with Gasteiger partial charge < -0.3 is 24.7 Å². The van der Waals surface area contributed by atoms with E-state index in [0.29, 0.717) is 17.3 Å². The second kappa shape index (κ2) is 7.07. The van der Waals surface area contributed by atoms with Crippen LogP contribution in [0.25, 0.3) is 0 Å². The SMILES string of the molecule is COc1cc(=O)n(C)cc1Nc1cc([C@H]2CC[C@@H](OC(=O)NC34CC(C3)C4)C2)[nH]n1. The van der Waals surface area contributed by atoms with Gasteiger partial charge in [0.2, 0.25) is 0 Å². The molecule has 2 atom stereocenters. The van der Waals surface area contributed by atoms with Crippen LogP contribution in [0.5, 0.6) is 5.75 Å². The summed E-state index contributed by atoms with van der Waals surface area (Å²) in [5, 5.41) is 13.7. The van der Waals surface area contributed by atoms with E-state index < -0.39 is 0 Å². The van der Waals surface area contributed by atoms with E-state index >= 15 is 0 Å². The molecular weight excluding hydrogens is 386 g/mol. The van der Waals surface area contributed by atoms with Gasteiger partial charge in [-0.05, 0) is 44.4 Å². The summed E-state index contributed by atoms with van der Waals surface area (Å²) in [4.78, 5) is 24.0. The molecule has 2 heterocycles. The first kappa shape index (κ1) is 19.0. The van der Waals surface area contributed by atoms with Crippen LogP contribution in [0.15, 0.2) is 23.1 Å². The molecule has 9 heteroatoms. The number of nitrogens with zero attached hydrogens (tertiary/aromatic N) is 2. The zero-order valence-electron chi connectivity index (χ0n) is 17.2. The number of hydrogen-bond acceptors (Lipinski definition) is 6. The number of alkyl carbamates (subject to hydrolysis) is 1. The van der Waals surface area contributed by atoms with Crippen molar-refractivity contribution >= 4 is 17.6 Å². The third-order valence-corrected chi connectivity index (χ3v) is 6.77. The van der Waals surface area contributed by atoms with Crippen molar-refractivity contribution in [2.24, 2.45) is 13.0 Å². The number of pyridine rings is 1. The first-order valence-electron chi connectivity index (χ1n) is 10.5. The summed E-state index contributed by atoms with van der Waals surface area (Å²) >= 11 is 0. The van der Waals surface area contributed by atoms with Gasteiger partial charge in [-0.3, -0.25) is 9.89 Å². The number of rotatable bonds is 6. The quantitative estimate of drug-likeness (QED) is 0.672. The van der Waals surface area contributed by atoms with Crippen LogP contribution >= 0.6 is 0 Å². The molecule has 0 spiro atoms. The van der Waals surface area contributed by atoms with Crippen LogP contribution < -0.4 is 20.9 Å². The molecule has 9 nitrogen and oxygen atoms in total. The highest BCUT2D eigenvalue weighted by Crippen LogP contribution is 2.57. The predicted octanol–water partition coefficient (Wildman–Crippen LogP) is 2.78. The molecule has 4 saturated carbocycles. The Labute approximate surface area is 174 Å². The fourth-order valence-electron chi connectivity index (χ4n) is 4.98. The minimum atomic E-state index is -0.271. The average Bonchev–Trinajstić information content (AvgIpc) is 3.29. The second-order valence-corrected chi connectivity index (χ2v) is 8.96. The molecule has 1 amide bonds. The van der Waals surface area contributed by atoms with E-state index in [1.807, 2.05) is 6.07 Å². The summed E-state index contributed by atoms with van der Waals surface area (Å²) in [7, 11) is 3.21. The van der Waals surface area contributed by atoms with E-state index in [4.69, 9.17) is 9.47 Å². The Kier molecular flexibility index (Phi) is 4.48. The standard InChI is InChI=1S/C21H27N5O4/c1-26-11-16(17(29-2)7-19(26)27)22-18-6-15(24-25-18)13-3-4-14(5-13)30-20(28)23-21-8-12(9-21)10-21/h6-7,11-14H,3-5,8-10H2,1-2H3,(H,23,28)(H2,22,24,25)/t12?,13-,14+,21?/m0/s1. The number of aryl methyl sites for hydroxylation is 1. The minimum Gasteiger partial charge on any atom is -0.494 e. The van der Waals surface area contributed by atoms with Gasteiger partial charge in [0.25, 0.3) is 5.56 Å². The number of methoxy groups -OCH3 is 1. The summed E-state index contributed by atoms with van der Waals surface area (Å²) < 4.78 is 12.4. The number of H-pyrrole nitrogens is 1. The third-order valence-electron chi connectivity index (χ3n) is 6.77. The zero-order valence-corrected chi connectivity index (χ0v) is 17.2. The normalized spacial score (nSPS) is 28.9. The number of anilines is 2. The van der Waals surface area contributed by atoms with Crippen molar-refractivity contribution in [1.29, 1.82) is 0 Å². The molecule has 0 aliphatic heterocycles. The van der Waals surface area contributed by atoms with Crippen LogP contribution in [0.3, 0.4) is 0 Å². The van der Waals surface area contributed by atoms with Crippen molar-refractivity contribution < 1.29 is 14.3 Å². The summed E-state index contributed by atoms with van der Waals surface area (Å²) in [5.74, 6) is 2.20. The average molecular weight is 413 g/mol. The summed E-state index contributed by atoms with van der Waals surface area (Å²) in [6, 6.07) is 3.40. The van der Waals surface area contributed by atoms with Crippen LogP contribution in [-0.2, 0) is 11.8 Å². The van der Waals surface area contributed by atoms with E-state index in [0.717, 1.165) is 50.1 Å². The third kappa shape index (κ3) is 3.42. The Morgan fingerprint density at radius 3 is 2.80 bits per heavy atom. The van der Waals surface area contributed by atoms with Crippen molar-refractivity contribution in [1.82, 2.24) is 20.1 Å². The molecule has 3 N–H and O–H groups in total. The molecule has 6 rings (SSSR count). The smallest absolute Gasteiger partial charge is 0.407 e. The van der Waals surface area contributed by atoms with Gasteiger partial charge in [0.05, 0.1) is 12.8 Å². The van der Waals surface area contributed by atoms with Gasteiger partial charge in [0.15, 0.2) is 5.82 Å². The van der Waals surface area contributed by atoms with Crippen LogP contribution in [0, 0.1) is 5.92 Å². The highest BCUT2D eigenvalue weighted by atomic mass is 16.6. The first-order chi connectivity index (χ1) is 14.4. The van der Waals surface area contributed by atoms with Gasteiger partial charge in [0.1, 0.15) is 11.9 Å². The van der Waals surface area contributed by atoms with E-state index in [9.17, 15) is 9.59 Å². The Hall–Kier alpha value is -2.97.